The zero-order valence-corrected chi connectivity index (χ0v) is 20.8. The molecule has 8 nitrogen and oxygen atoms in total. The number of benzene rings is 2. The zero-order valence-electron chi connectivity index (χ0n) is 20.8. The van der Waals surface area contributed by atoms with Crippen LogP contribution < -0.4 is 21.9 Å². The van der Waals surface area contributed by atoms with Gasteiger partial charge in [-0.15, -0.1) is 0 Å². The normalized spacial score (nSPS) is 13.5. The standard InChI is InChI=1S/C29H30N4O4/c1-19-22-14-8-9-15-23(22)37-25(19)28(35)32(17-16-20-10-4-2-5-11-20)24-26(30)33(29(36)31-27(24)34)18-21-12-6-3-7-13-21/h3,6-10,12-15H,2,4-5,11,16-18,30H2,1H3,(H,31,34,36). The first-order valence-electron chi connectivity index (χ1n) is 12.6. The topological polar surface area (TPSA) is 114 Å². The van der Waals surface area contributed by atoms with Gasteiger partial charge in [-0.25, -0.2) is 4.79 Å². The highest BCUT2D eigenvalue weighted by molar-refractivity contribution is 6.09. The number of hydrogen-bond donors (Lipinski definition) is 2. The first kappa shape index (κ1) is 24.4. The lowest BCUT2D eigenvalue weighted by Gasteiger charge is -2.25. The summed E-state index contributed by atoms with van der Waals surface area (Å²) >= 11 is 0. The van der Waals surface area contributed by atoms with Gasteiger partial charge in [0, 0.05) is 17.5 Å². The van der Waals surface area contributed by atoms with Gasteiger partial charge in [-0.1, -0.05) is 60.2 Å². The zero-order chi connectivity index (χ0) is 25.9. The fourth-order valence-electron chi connectivity index (χ4n) is 4.96. The molecule has 1 aliphatic rings. The molecule has 190 valence electrons. The van der Waals surface area contributed by atoms with Crippen LogP contribution >= 0.6 is 0 Å². The van der Waals surface area contributed by atoms with Crippen LogP contribution in [0.2, 0.25) is 0 Å². The Morgan fingerprint density at radius 2 is 1.84 bits per heavy atom. The highest BCUT2D eigenvalue weighted by Crippen LogP contribution is 2.29. The van der Waals surface area contributed by atoms with Crippen LogP contribution in [0.4, 0.5) is 11.5 Å². The number of carbonyl (C=O) groups is 1. The van der Waals surface area contributed by atoms with Gasteiger partial charge in [0.2, 0.25) is 0 Å². The Balaban J connectivity index is 1.60. The molecule has 0 fully saturated rings. The van der Waals surface area contributed by atoms with Crippen LogP contribution in [-0.4, -0.2) is 22.0 Å². The average Bonchev–Trinajstić information content (AvgIpc) is 3.25. The molecule has 0 atom stereocenters. The molecule has 0 aliphatic heterocycles. The Kier molecular flexibility index (Phi) is 6.81. The summed E-state index contributed by atoms with van der Waals surface area (Å²) in [4.78, 5) is 43.6. The molecule has 2 aromatic heterocycles. The maximum absolute atomic E-state index is 14.0. The van der Waals surface area contributed by atoms with Crippen molar-refractivity contribution >= 4 is 28.4 Å². The summed E-state index contributed by atoms with van der Waals surface area (Å²) in [6.45, 7) is 2.22. The molecule has 0 spiro atoms. The number of aryl methyl sites for hydroxylation is 1. The van der Waals surface area contributed by atoms with Gasteiger partial charge in [-0.05, 0) is 50.7 Å². The van der Waals surface area contributed by atoms with Crippen LogP contribution in [-0.2, 0) is 6.54 Å². The number of furan rings is 1. The summed E-state index contributed by atoms with van der Waals surface area (Å²) in [5, 5.41) is 0.830. The minimum Gasteiger partial charge on any atom is -0.451 e. The molecule has 0 saturated carbocycles. The molecule has 4 aromatic rings. The van der Waals surface area contributed by atoms with E-state index in [9.17, 15) is 14.4 Å². The van der Waals surface area contributed by atoms with E-state index in [2.05, 4.69) is 11.1 Å². The number of nitrogens with one attached hydrogen (secondary N) is 1. The van der Waals surface area contributed by atoms with Crippen LogP contribution in [0.5, 0.6) is 0 Å². The van der Waals surface area contributed by atoms with E-state index in [0.29, 0.717) is 17.6 Å². The van der Waals surface area contributed by atoms with Crippen LogP contribution in [0.3, 0.4) is 0 Å². The molecule has 8 heteroatoms. The molecule has 1 aliphatic carbocycles. The summed E-state index contributed by atoms with van der Waals surface area (Å²) in [7, 11) is 0. The maximum atomic E-state index is 14.0. The van der Waals surface area contributed by atoms with Crippen LogP contribution in [0.1, 0.15) is 53.8 Å². The van der Waals surface area contributed by atoms with Crippen molar-refractivity contribution in [1.29, 1.82) is 0 Å². The molecule has 0 saturated heterocycles. The number of carbonyl (C=O) groups excluding carboxylic acids is 1. The van der Waals surface area contributed by atoms with Crippen molar-refractivity contribution in [3.8, 4) is 0 Å². The molecule has 3 N–H and O–H groups in total. The van der Waals surface area contributed by atoms with Gasteiger partial charge in [0.05, 0.1) is 6.54 Å². The Labute approximate surface area is 214 Å². The minimum absolute atomic E-state index is 0.0446. The van der Waals surface area contributed by atoms with Crippen molar-refractivity contribution in [2.45, 2.75) is 45.6 Å². The number of H-pyrrole nitrogens is 1. The molecule has 2 aromatic carbocycles. The average molecular weight is 499 g/mol. The Morgan fingerprint density at radius 1 is 1.08 bits per heavy atom. The summed E-state index contributed by atoms with van der Waals surface area (Å²) in [6, 6.07) is 16.8. The quantitative estimate of drug-likeness (QED) is 0.357. The number of nitrogen functional groups attached to an aromatic ring is 1. The van der Waals surface area contributed by atoms with Crippen LogP contribution in [0.25, 0.3) is 11.0 Å². The van der Waals surface area contributed by atoms with Crippen molar-refractivity contribution in [2.24, 2.45) is 0 Å². The summed E-state index contributed by atoms with van der Waals surface area (Å²) in [5.74, 6) is -0.372. The number of fused-ring (bicyclic) bond motifs is 1. The predicted molar refractivity (Wildman–Crippen MR) is 145 cm³/mol. The van der Waals surface area contributed by atoms with Gasteiger partial charge >= 0.3 is 5.69 Å². The minimum atomic E-state index is -0.702. The third-order valence-corrected chi connectivity index (χ3v) is 6.99. The number of aromatic amines is 1. The van der Waals surface area contributed by atoms with Gasteiger partial charge in [0.1, 0.15) is 11.4 Å². The van der Waals surface area contributed by atoms with Crippen molar-refractivity contribution in [3.05, 3.63) is 104 Å². The lowest BCUT2D eigenvalue weighted by atomic mass is 9.97. The molecule has 37 heavy (non-hydrogen) atoms. The van der Waals surface area contributed by atoms with Gasteiger partial charge in [0.15, 0.2) is 11.4 Å². The van der Waals surface area contributed by atoms with E-state index in [4.69, 9.17) is 10.2 Å². The summed E-state index contributed by atoms with van der Waals surface area (Å²) < 4.78 is 7.25. The predicted octanol–water partition coefficient (Wildman–Crippen LogP) is 4.76. The number of amides is 1. The number of para-hydroxylation sites is 1. The van der Waals surface area contributed by atoms with Crippen molar-refractivity contribution in [2.75, 3.05) is 17.2 Å². The molecule has 0 radical (unpaired) electrons. The third kappa shape index (κ3) is 4.87. The number of allylic oxidation sites excluding steroid dienone is 1. The highest BCUT2D eigenvalue weighted by Gasteiger charge is 2.29. The fraction of sp³-hybridized carbons (Fsp3) is 0.276. The molecule has 0 bridgehead atoms. The second kappa shape index (κ2) is 10.3. The number of rotatable bonds is 7. The maximum Gasteiger partial charge on any atom is 0.330 e. The molecular formula is C29H30N4O4. The third-order valence-electron chi connectivity index (χ3n) is 6.99. The second-order valence-corrected chi connectivity index (χ2v) is 9.43. The summed E-state index contributed by atoms with van der Waals surface area (Å²) in [5.41, 5.74) is 8.47. The summed E-state index contributed by atoms with van der Waals surface area (Å²) in [6.07, 6.45) is 7.04. The number of aromatic nitrogens is 2. The van der Waals surface area contributed by atoms with Gasteiger partial charge in [-0.2, -0.15) is 0 Å². The van der Waals surface area contributed by atoms with Gasteiger partial charge in [0.25, 0.3) is 11.5 Å². The number of anilines is 2. The highest BCUT2D eigenvalue weighted by atomic mass is 16.3. The van der Waals surface area contributed by atoms with Crippen molar-refractivity contribution < 1.29 is 9.21 Å². The van der Waals surface area contributed by atoms with E-state index >= 15 is 0 Å². The van der Waals surface area contributed by atoms with E-state index < -0.39 is 17.2 Å². The largest absolute Gasteiger partial charge is 0.451 e. The molecule has 2 heterocycles. The SMILES string of the molecule is Cc1c(C(=O)N(CCC2=CCCCC2)c2c(N)n(Cc3ccccc3)c(=O)[nH]c2=O)oc2ccccc12. The van der Waals surface area contributed by atoms with Crippen LogP contribution in [0, 0.1) is 6.92 Å². The van der Waals surface area contributed by atoms with Gasteiger partial charge < -0.3 is 10.2 Å². The van der Waals surface area contributed by atoms with E-state index in [1.54, 1.807) is 6.07 Å². The monoisotopic (exact) mass is 498 g/mol. The first-order chi connectivity index (χ1) is 17.9. The smallest absolute Gasteiger partial charge is 0.330 e. The molecule has 5 rings (SSSR count). The second-order valence-electron chi connectivity index (χ2n) is 9.43. The molecule has 0 unspecified atom stereocenters. The van der Waals surface area contributed by atoms with E-state index in [0.717, 1.165) is 36.6 Å². The van der Waals surface area contributed by atoms with Crippen LogP contribution in [0.15, 0.2) is 80.3 Å². The fourth-order valence-corrected chi connectivity index (χ4v) is 4.96. The Bertz CT molecular complexity index is 1590. The lowest BCUT2D eigenvalue weighted by molar-refractivity contribution is 0.0961. The number of nitrogens with zero attached hydrogens (tertiary/aromatic N) is 2. The first-order valence-corrected chi connectivity index (χ1v) is 12.6. The van der Waals surface area contributed by atoms with E-state index in [-0.39, 0.29) is 30.4 Å². The van der Waals surface area contributed by atoms with Gasteiger partial charge in [-0.3, -0.25) is 24.0 Å². The van der Waals surface area contributed by atoms with Crippen molar-refractivity contribution in [3.63, 3.8) is 0 Å². The van der Waals surface area contributed by atoms with E-state index in [1.165, 1.54) is 15.0 Å². The van der Waals surface area contributed by atoms with E-state index in [1.807, 2.05) is 55.5 Å². The Morgan fingerprint density at radius 3 is 2.57 bits per heavy atom. The molecule has 1 amide bonds. The number of nitrogens with two attached hydrogens (primary N) is 1. The number of hydrogen-bond acceptors (Lipinski definition) is 5. The van der Waals surface area contributed by atoms with Crippen molar-refractivity contribution in [1.82, 2.24) is 9.55 Å². The lowest BCUT2D eigenvalue weighted by Crippen LogP contribution is -2.42. The molecular weight excluding hydrogens is 468 g/mol. The Hall–Kier alpha value is -4.33.